The Morgan fingerprint density at radius 2 is 1.57 bits per heavy atom. The Kier molecular flexibility index (Phi) is 8.60. The van der Waals surface area contributed by atoms with Gasteiger partial charge < -0.3 is 20.3 Å². The molecule has 0 aliphatic heterocycles. The van der Waals surface area contributed by atoms with E-state index in [2.05, 4.69) is 49.1 Å². The van der Waals surface area contributed by atoms with E-state index in [-0.39, 0.29) is 23.5 Å². The average Bonchev–Trinajstić information content (AvgIpc) is 2.65. The minimum Gasteiger partial charge on any atom is -0.406 e. The van der Waals surface area contributed by atoms with E-state index < -0.39 is 10.2 Å². The number of ether oxygens (including phenoxy) is 1. The lowest BCUT2D eigenvalue weighted by atomic mass is 10.3. The van der Waals surface area contributed by atoms with Crippen molar-refractivity contribution >= 4 is 52.4 Å². The quantitative estimate of drug-likeness (QED) is 0.477. The molecule has 0 aliphatic rings. The number of aromatic nitrogens is 3. The van der Waals surface area contributed by atoms with Gasteiger partial charge in [-0.2, -0.15) is 15.0 Å². The Labute approximate surface area is 186 Å². The summed E-state index contributed by atoms with van der Waals surface area (Å²) in [5.41, 5.74) is 0.403. The van der Waals surface area contributed by atoms with Gasteiger partial charge in [-0.25, -0.2) is 0 Å². The first-order chi connectivity index (χ1) is 14.0. The van der Waals surface area contributed by atoms with Crippen LogP contribution < -0.4 is 15.4 Å². The fourth-order valence-corrected chi connectivity index (χ4v) is 2.63. The molecule has 2 N–H and O–H groups in total. The molecule has 0 unspecified atom stereocenters. The zero-order valence-electron chi connectivity index (χ0n) is 16.1. The molecule has 13 heteroatoms. The Hall–Kier alpha value is -1.75. The Morgan fingerprint density at radius 3 is 2.10 bits per heavy atom. The summed E-state index contributed by atoms with van der Waals surface area (Å²) in [6.45, 7) is 7.21. The molecule has 0 amide bonds. The Balaban J connectivity index is 2.16. The maximum atomic E-state index is 12.3. The number of anilines is 3. The molecule has 7 nitrogen and oxygen atoms in total. The zero-order valence-corrected chi connectivity index (χ0v) is 18.4. The van der Waals surface area contributed by atoms with E-state index >= 15 is 0 Å². The lowest BCUT2D eigenvalue weighted by Crippen LogP contribution is -2.29. The molecule has 0 atom stereocenters. The maximum Gasteiger partial charge on any atom is 0.573 e. The third kappa shape index (κ3) is 8.17. The topological polar surface area (TPSA) is 75.2 Å². The monoisotopic (exact) mass is 486 g/mol. The van der Waals surface area contributed by atoms with Crippen molar-refractivity contribution < 1.29 is 17.9 Å². The highest BCUT2D eigenvalue weighted by molar-refractivity contribution is 6.66. The molecular formula is C17H20Cl3F3N6O. The van der Waals surface area contributed by atoms with Crippen molar-refractivity contribution in [2.45, 2.75) is 24.0 Å². The molecule has 0 saturated heterocycles. The summed E-state index contributed by atoms with van der Waals surface area (Å²) >= 11 is 17.7. The van der Waals surface area contributed by atoms with Crippen LogP contribution in [-0.2, 0) is 3.79 Å². The van der Waals surface area contributed by atoms with Gasteiger partial charge in [-0.15, -0.1) is 13.2 Å². The Morgan fingerprint density at radius 1 is 0.967 bits per heavy atom. The van der Waals surface area contributed by atoms with E-state index in [9.17, 15) is 13.2 Å². The third-order valence-corrected chi connectivity index (χ3v) is 4.35. The molecule has 0 bridgehead atoms. The van der Waals surface area contributed by atoms with Gasteiger partial charge >= 0.3 is 6.36 Å². The van der Waals surface area contributed by atoms with Crippen LogP contribution in [0.25, 0.3) is 0 Å². The van der Waals surface area contributed by atoms with Gasteiger partial charge in [0.25, 0.3) is 0 Å². The summed E-state index contributed by atoms with van der Waals surface area (Å²) in [4.78, 5) is 14.6. The van der Waals surface area contributed by atoms with Gasteiger partial charge in [-0.1, -0.05) is 48.7 Å². The van der Waals surface area contributed by atoms with Gasteiger partial charge in [0.05, 0.1) is 0 Å². The van der Waals surface area contributed by atoms with E-state index in [4.69, 9.17) is 34.8 Å². The summed E-state index contributed by atoms with van der Waals surface area (Å²) in [6, 6.07) is 5.03. The number of nitrogens with one attached hydrogen (secondary N) is 2. The van der Waals surface area contributed by atoms with Gasteiger partial charge in [-0.3, -0.25) is 0 Å². The van der Waals surface area contributed by atoms with Crippen molar-refractivity contribution in [3.05, 3.63) is 30.1 Å². The molecule has 30 heavy (non-hydrogen) atoms. The number of nitrogens with zero attached hydrogens (tertiary/aromatic N) is 4. The average molecular weight is 488 g/mol. The molecule has 0 saturated carbocycles. The van der Waals surface area contributed by atoms with Crippen molar-refractivity contribution in [2.24, 2.45) is 0 Å². The van der Waals surface area contributed by atoms with Crippen LogP contribution >= 0.6 is 34.8 Å². The van der Waals surface area contributed by atoms with E-state index in [1.165, 1.54) is 12.1 Å². The first-order valence-electron chi connectivity index (χ1n) is 8.92. The number of alkyl halides is 6. The van der Waals surface area contributed by atoms with Gasteiger partial charge in [0.2, 0.25) is 15.7 Å². The second-order valence-electron chi connectivity index (χ2n) is 5.95. The number of hydrogen-bond acceptors (Lipinski definition) is 7. The SMILES string of the molecule is CCN(CC)CCNc1nc(Nc2ccc(OC(F)(F)F)cc2)nc(C(Cl)(Cl)Cl)n1. The molecule has 2 rings (SSSR count). The van der Waals surface area contributed by atoms with Crippen LogP contribution in [0.5, 0.6) is 5.75 Å². The van der Waals surface area contributed by atoms with Gasteiger partial charge in [0, 0.05) is 18.8 Å². The van der Waals surface area contributed by atoms with Crippen molar-refractivity contribution in [2.75, 3.05) is 36.8 Å². The predicted molar refractivity (Wildman–Crippen MR) is 112 cm³/mol. The number of rotatable bonds is 9. The molecule has 1 heterocycles. The fraction of sp³-hybridized carbons (Fsp3) is 0.471. The van der Waals surface area contributed by atoms with Gasteiger partial charge in [0.1, 0.15) is 5.75 Å². The summed E-state index contributed by atoms with van der Waals surface area (Å²) in [7, 11) is 0. The van der Waals surface area contributed by atoms with E-state index in [0.717, 1.165) is 31.8 Å². The Bertz CT molecular complexity index is 814. The van der Waals surface area contributed by atoms with Gasteiger partial charge in [-0.05, 0) is 37.4 Å². The highest BCUT2D eigenvalue weighted by atomic mass is 35.6. The van der Waals surface area contributed by atoms with Crippen LogP contribution in [0.3, 0.4) is 0 Å². The standard InChI is InChI=1S/C17H20Cl3F3N6O/c1-3-29(4-2)10-9-24-14-26-13(16(18,19)20)27-15(28-14)25-11-5-7-12(8-6-11)30-17(21,22)23/h5-8H,3-4,9-10H2,1-2H3,(H2,24,25,26,27,28). The second-order valence-corrected chi connectivity index (χ2v) is 8.24. The maximum absolute atomic E-state index is 12.3. The molecule has 166 valence electrons. The molecule has 2 aromatic rings. The smallest absolute Gasteiger partial charge is 0.406 e. The third-order valence-electron chi connectivity index (χ3n) is 3.84. The highest BCUT2D eigenvalue weighted by Crippen LogP contribution is 2.36. The van der Waals surface area contributed by atoms with Crippen LogP contribution in [0.1, 0.15) is 19.7 Å². The van der Waals surface area contributed by atoms with Gasteiger partial charge in [0.15, 0.2) is 5.82 Å². The van der Waals surface area contributed by atoms with Crippen LogP contribution in [-0.4, -0.2) is 52.4 Å². The lowest BCUT2D eigenvalue weighted by Gasteiger charge is -2.18. The lowest BCUT2D eigenvalue weighted by molar-refractivity contribution is -0.274. The normalized spacial score (nSPS) is 12.2. The second kappa shape index (κ2) is 10.5. The fourth-order valence-electron chi connectivity index (χ4n) is 2.37. The largest absolute Gasteiger partial charge is 0.573 e. The minimum atomic E-state index is -4.77. The molecule has 0 fully saturated rings. The molecule has 0 radical (unpaired) electrons. The molecule has 0 aliphatic carbocycles. The number of benzene rings is 1. The zero-order chi connectivity index (χ0) is 22.4. The first-order valence-corrected chi connectivity index (χ1v) is 10.1. The van der Waals surface area contributed by atoms with E-state index in [1.807, 2.05) is 0 Å². The van der Waals surface area contributed by atoms with E-state index in [0.29, 0.717) is 12.2 Å². The van der Waals surface area contributed by atoms with Crippen LogP contribution in [0.4, 0.5) is 30.8 Å². The summed E-state index contributed by atoms with van der Waals surface area (Å²) < 4.78 is 38.8. The summed E-state index contributed by atoms with van der Waals surface area (Å²) in [5, 5.41) is 5.90. The van der Waals surface area contributed by atoms with Crippen molar-refractivity contribution in [1.82, 2.24) is 19.9 Å². The summed E-state index contributed by atoms with van der Waals surface area (Å²) in [6.07, 6.45) is -4.77. The van der Waals surface area contributed by atoms with Crippen LogP contribution in [0.15, 0.2) is 24.3 Å². The van der Waals surface area contributed by atoms with E-state index in [1.54, 1.807) is 0 Å². The highest BCUT2D eigenvalue weighted by Gasteiger charge is 2.31. The van der Waals surface area contributed by atoms with Crippen LogP contribution in [0.2, 0.25) is 0 Å². The van der Waals surface area contributed by atoms with Crippen molar-refractivity contribution in [3.63, 3.8) is 0 Å². The predicted octanol–water partition coefficient (Wildman–Crippen LogP) is 5.09. The summed E-state index contributed by atoms with van der Waals surface area (Å²) in [5.74, 6) is -0.212. The van der Waals surface area contributed by atoms with Crippen molar-refractivity contribution in [1.29, 1.82) is 0 Å². The van der Waals surface area contributed by atoms with Crippen molar-refractivity contribution in [3.8, 4) is 5.75 Å². The molecule has 1 aromatic heterocycles. The molecule has 1 aromatic carbocycles. The molecular weight excluding hydrogens is 468 g/mol. The minimum absolute atomic E-state index is 0.0566. The number of hydrogen-bond donors (Lipinski definition) is 2. The first kappa shape index (κ1) is 24.5. The molecule has 0 spiro atoms. The van der Waals surface area contributed by atoms with Crippen LogP contribution in [0, 0.1) is 0 Å². The number of halogens is 6. The number of likely N-dealkylation sites (N-methyl/N-ethyl adjacent to an activating group) is 1.